The summed E-state index contributed by atoms with van der Waals surface area (Å²) in [6, 6.07) is 0. The minimum Gasteiger partial charge on any atom is -0.384 e. The van der Waals surface area contributed by atoms with Crippen molar-refractivity contribution >= 4 is 0 Å². The third-order valence-corrected chi connectivity index (χ3v) is 18.3. The normalized spacial score (nSPS) is 13.3. The molecule has 0 amide bonds. The standard InChI is InChI=1S/C23H48O10.C12H26O6.C10H22O5.2C9H20O4.C9H20O3.C8H18O3.C6H14O3.2CH4/c1-24-9-21(10-25-2,11-26-3)17-32-19-23(15-30-7,16-31-8)20-33-18-22(12-27-4,13-28-5)14-29-6;1-13-7-9(15-3)11(17-5)12(18-6)10(16-4)8-14-2;1-11-5-9(13-3)7-15-8-10(14-4)6-12-2;2*1-10-5-9(6-11-2,7-12-3)8-13-4;1-5-9(6-10-2,7-11-3)8-12-4;1-8(5-9-2,6-10-3)7-11-4;1-7-4-6(9-3)5-8-2;;/h9-20H2,1-8H3;9-12H,7-8H2,1-6H3;9-10H,5-8H2,1-4H3;2*5-8H2,1-4H3;5-8H2,1-4H3;5-7H2,1-4H3;6H,4-5H2,1-3H3;2*1H4. The van der Waals surface area contributed by atoms with Gasteiger partial charge < -0.3 is 180 Å². The molecule has 776 valence electrons. The summed E-state index contributed by atoms with van der Waals surface area (Å²) in [6.45, 7) is 21.8. The van der Waals surface area contributed by atoms with Crippen LogP contribution < -0.4 is 0 Å². The van der Waals surface area contributed by atoms with Gasteiger partial charge in [0.1, 0.15) is 42.7 Å². The van der Waals surface area contributed by atoms with E-state index in [9.17, 15) is 0 Å². The molecule has 6 unspecified atom stereocenters. The second-order valence-electron chi connectivity index (χ2n) is 30.5. The Balaban J connectivity index is -0.000000158. The van der Waals surface area contributed by atoms with E-state index >= 15 is 0 Å². The summed E-state index contributed by atoms with van der Waals surface area (Å²) in [4.78, 5) is 0. The summed E-state index contributed by atoms with van der Waals surface area (Å²) < 4.78 is 200. The van der Waals surface area contributed by atoms with E-state index in [1.807, 2.05) is 0 Å². The van der Waals surface area contributed by atoms with E-state index in [2.05, 4.69) is 13.8 Å². The maximum atomic E-state index is 6.20. The van der Waals surface area contributed by atoms with Crippen molar-refractivity contribution in [1.29, 1.82) is 0 Å². The van der Waals surface area contributed by atoms with Gasteiger partial charge in [-0.2, -0.15) is 0 Å². The fourth-order valence-electron chi connectivity index (χ4n) is 13.2. The summed E-state index contributed by atoms with van der Waals surface area (Å²) in [5.41, 5.74) is -1.72. The zero-order chi connectivity index (χ0) is 96.2. The largest absolute Gasteiger partial charge is 0.384 e. The van der Waals surface area contributed by atoms with Crippen LogP contribution >= 0.6 is 0 Å². The van der Waals surface area contributed by atoms with Crippen LogP contribution in [-0.4, -0.2) is 516 Å². The van der Waals surface area contributed by atoms with E-state index in [0.717, 1.165) is 6.42 Å². The molecule has 38 heteroatoms. The molecule has 0 saturated carbocycles. The molecule has 0 aromatic rings. The van der Waals surface area contributed by atoms with Crippen molar-refractivity contribution in [3.05, 3.63) is 0 Å². The molecule has 0 bridgehead atoms. The number of hydrogen-bond donors (Lipinski definition) is 0. The summed E-state index contributed by atoms with van der Waals surface area (Å²) in [6.07, 6.45) is -0.0770. The first-order valence-corrected chi connectivity index (χ1v) is 40.8. The summed E-state index contributed by atoms with van der Waals surface area (Å²) >= 11 is 0. The predicted molar refractivity (Wildman–Crippen MR) is 487 cm³/mol. The molecular formula is C88H196O38. The Morgan fingerprint density at radius 2 is 0.317 bits per heavy atom. The van der Waals surface area contributed by atoms with Crippen molar-refractivity contribution in [1.82, 2.24) is 0 Å². The third-order valence-electron chi connectivity index (χ3n) is 18.3. The fraction of sp³-hybridized carbons (Fsp3) is 1.00. The van der Waals surface area contributed by atoms with Gasteiger partial charge in [-0.1, -0.05) is 28.7 Å². The Morgan fingerprint density at radius 1 is 0.159 bits per heavy atom. The van der Waals surface area contributed by atoms with Gasteiger partial charge in [0, 0.05) is 260 Å². The molecular weight excluding hydrogens is 1660 g/mol. The van der Waals surface area contributed by atoms with Crippen LogP contribution in [0.1, 0.15) is 35.1 Å². The molecule has 0 saturated heterocycles. The molecule has 0 aromatic carbocycles. The monoisotopic (exact) mass is 1860 g/mol. The van der Waals surface area contributed by atoms with Gasteiger partial charge in [-0.3, -0.25) is 0 Å². The zero-order valence-corrected chi connectivity index (χ0v) is 84.8. The van der Waals surface area contributed by atoms with E-state index in [4.69, 9.17) is 180 Å². The van der Waals surface area contributed by atoms with Crippen molar-refractivity contribution in [2.75, 3.05) is 473 Å². The smallest absolute Gasteiger partial charge is 0.114 e. The quantitative estimate of drug-likeness (QED) is 0.0607. The molecule has 0 radical (unpaired) electrons. The predicted octanol–water partition coefficient (Wildman–Crippen LogP) is 6.75. The number of hydrogen-bond acceptors (Lipinski definition) is 38. The van der Waals surface area contributed by atoms with Crippen LogP contribution in [0, 0.1) is 37.9 Å². The molecule has 0 aromatic heterocycles. The summed E-state index contributed by atoms with van der Waals surface area (Å²) in [5.74, 6) is 0. The zero-order valence-electron chi connectivity index (χ0n) is 84.8. The minimum absolute atomic E-state index is 0. The minimum atomic E-state index is -0.512. The number of methoxy groups -OCH3 is 35. The van der Waals surface area contributed by atoms with Gasteiger partial charge >= 0.3 is 0 Å². The topological polar surface area (TPSA) is 351 Å². The van der Waals surface area contributed by atoms with Crippen LogP contribution in [0.15, 0.2) is 0 Å². The Labute approximate surface area is 766 Å². The summed E-state index contributed by atoms with van der Waals surface area (Å²) in [7, 11) is 57.8. The molecule has 0 rings (SSSR count). The average molecular weight is 1860 g/mol. The number of ether oxygens (including phenoxy) is 38. The average Bonchev–Trinajstić information content (AvgIpc) is 0.836. The van der Waals surface area contributed by atoms with Crippen LogP contribution in [0.5, 0.6) is 0 Å². The molecule has 0 fully saturated rings. The van der Waals surface area contributed by atoms with Gasteiger partial charge in [-0.25, -0.2) is 0 Å². The number of rotatable bonds is 79. The Bertz CT molecular complexity index is 1790. The lowest BCUT2D eigenvalue weighted by molar-refractivity contribution is -0.166. The first-order chi connectivity index (χ1) is 59.6. The van der Waals surface area contributed by atoms with Gasteiger partial charge in [0.15, 0.2) is 0 Å². The maximum Gasteiger partial charge on any atom is 0.114 e. The Kier molecular flexibility index (Phi) is 118. The molecule has 0 aliphatic heterocycles. The molecule has 0 aliphatic carbocycles. The second kappa shape index (κ2) is 102. The molecule has 126 heavy (non-hydrogen) atoms. The molecule has 0 spiro atoms. The van der Waals surface area contributed by atoms with Crippen molar-refractivity contribution in [2.24, 2.45) is 37.9 Å². The Morgan fingerprint density at radius 3 is 0.460 bits per heavy atom. The highest BCUT2D eigenvalue weighted by Crippen LogP contribution is 2.29. The Hall–Kier alpha value is -1.52. The first kappa shape index (κ1) is 145. The van der Waals surface area contributed by atoms with Crippen LogP contribution in [0.25, 0.3) is 0 Å². The highest BCUT2D eigenvalue weighted by molar-refractivity contribution is 4.87. The van der Waals surface area contributed by atoms with Gasteiger partial charge in [-0.15, -0.1) is 0 Å². The lowest BCUT2D eigenvalue weighted by Gasteiger charge is -2.37. The van der Waals surface area contributed by atoms with Crippen LogP contribution in [0.3, 0.4) is 0 Å². The molecule has 38 nitrogen and oxygen atoms in total. The van der Waals surface area contributed by atoms with Gasteiger partial charge in [0.25, 0.3) is 0 Å². The fourth-order valence-corrected chi connectivity index (χ4v) is 13.2. The van der Waals surface area contributed by atoms with E-state index in [0.29, 0.717) is 225 Å². The van der Waals surface area contributed by atoms with E-state index in [-0.39, 0.29) is 79.2 Å². The van der Waals surface area contributed by atoms with Gasteiger partial charge in [-0.05, 0) is 6.42 Å². The third kappa shape index (κ3) is 74.8. The van der Waals surface area contributed by atoms with E-state index in [1.165, 1.54) is 0 Å². The molecule has 0 N–H and O–H groups in total. The summed E-state index contributed by atoms with van der Waals surface area (Å²) in [5, 5.41) is 0. The lowest BCUT2D eigenvalue weighted by atomic mass is 9.88. The van der Waals surface area contributed by atoms with Gasteiger partial charge in [0.05, 0.1) is 252 Å². The SMILES string of the molecule is C.C.CCC(COC)(COC)COC.COCC(C)(COC)COC.COCC(COC)(COC)COC.COCC(COC)(COC)COC.COCC(COC)(COC)COCC(COC)(COC)COCC(COC)(COC)COC.COCC(COC)OC.COCC(COCC(COC)OC)OC.COCC(OC)C(OC)C(OC)C(COC)OC. The van der Waals surface area contributed by atoms with Crippen molar-refractivity contribution in [3.8, 4) is 0 Å². The van der Waals surface area contributed by atoms with Gasteiger partial charge in [0.2, 0.25) is 0 Å². The molecule has 6 atom stereocenters. The van der Waals surface area contributed by atoms with Crippen LogP contribution in [-0.2, 0) is 180 Å². The second-order valence-corrected chi connectivity index (χ2v) is 30.5. The lowest BCUT2D eigenvalue weighted by Crippen LogP contribution is -2.50. The highest BCUT2D eigenvalue weighted by Gasteiger charge is 2.40. The van der Waals surface area contributed by atoms with E-state index < -0.39 is 16.2 Å². The highest BCUT2D eigenvalue weighted by atomic mass is 16.6. The van der Waals surface area contributed by atoms with Crippen molar-refractivity contribution < 1.29 is 180 Å². The molecule has 0 heterocycles. The van der Waals surface area contributed by atoms with E-state index in [1.54, 1.807) is 249 Å². The van der Waals surface area contributed by atoms with Crippen LogP contribution in [0.4, 0.5) is 0 Å². The van der Waals surface area contributed by atoms with Crippen molar-refractivity contribution in [3.63, 3.8) is 0 Å². The first-order valence-electron chi connectivity index (χ1n) is 40.8. The molecule has 0 aliphatic rings. The maximum absolute atomic E-state index is 6.20. The van der Waals surface area contributed by atoms with Crippen molar-refractivity contribution in [2.45, 2.75) is 77.8 Å². The van der Waals surface area contributed by atoms with Crippen LogP contribution in [0.2, 0.25) is 0 Å².